The van der Waals surface area contributed by atoms with E-state index >= 15 is 0 Å². The number of rotatable bonds is 8. The molecule has 0 spiro atoms. The fourth-order valence-corrected chi connectivity index (χ4v) is 7.53. The molecule has 2 amide bonds. The van der Waals surface area contributed by atoms with Crippen LogP contribution in [0.1, 0.15) is 76.5 Å². The number of β-amino-alcohol motifs (C(OH)–C–C–N with tert-alkyl or cyclic N) is 1. The summed E-state index contributed by atoms with van der Waals surface area (Å²) in [5.41, 5.74) is 4.24. The molecular weight excluding hydrogens is 574 g/mol. The summed E-state index contributed by atoms with van der Waals surface area (Å²) in [6.45, 7) is 12.0. The number of aliphatic hydroxyl groups is 1. The molecule has 4 heterocycles. The smallest absolute Gasteiger partial charge is 0.261 e. The molecule has 44 heavy (non-hydrogen) atoms. The molecule has 1 aromatic carbocycles. The van der Waals surface area contributed by atoms with Crippen molar-refractivity contribution in [2.75, 3.05) is 45.9 Å². The lowest BCUT2D eigenvalue weighted by Gasteiger charge is -2.34. The predicted molar refractivity (Wildman–Crippen MR) is 173 cm³/mol. The molecule has 4 atom stereocenters. The number of ether oxygens (including phenoxy) is 1. The summed E-state index contributed by atoms with van der Waals surface area (Å²) in [5, 5.41) is 20.4. The highest BCUT2D eigenvalue weighted by molar-refractivity contribution is 7.20. The monoisotopic (exact) mass is 619 g/mol. The summed E-state index contributed by atoms with van der Waals surface area (Å²) in [7, 11) is 0. The van der Waals surface area contributed by atoms with Crippen LogP contribution in [0.5, 0.6) is 0 Å². The van der Waals surface area contributed by atoms with Crippen molar-refractivity contribution in [3.63, 3.8) is 0 Å². The molecule has 4 N–H and O–H groups in total. The Bertz CT molecular complexity index is 1480. The Kier molecular flexibility index (Phi) is 9.35. The quantitative estimate of drug-likeness (QED) is 0.304. The van der Waals surface area contributed by atoms with E-state index in [2.05, 4.69) is 47.7 Å². The summed E-state index contributed by atoms with van der Waals surface area (Å²) < 4.78 is 5.52. The molecule has 2 saturated heterocycles. The minimum Gasteiger partial charge on any atom is -0.390 e. The summed E-state index contributed by atoms with van der Waals surface area (Å²) in [6, 6.07) is 11.2. The summed E-state index contributed by atoms with van der Waals surface area (Å²) >= 11 is 1.46. The molecule has 1 aliphatic carbocycles. The third-order valence-corrected chi connectivity index (χ3v) is 10.6. The normalized spacial score (nSPS) is 23.3. The lowest BCUT2D eigenvalue weighted by Crippen LogP contribution is -2.42. The molecule has 0 radical (unpaired) electrons. The van der Waals surface area contributed by atoms with Gasteiger partial charge in [0.2, 0.25) is 0 Å². The van der Waals surface area contributed by atoms with Gasteiger partial charge in [0.25, 0.3) is 11.8 Å². The fourth-order valence-electron chi connectivity index (χ4n) is 6.59. The van der Waals surface area contributed by atoms with Crippen LogP contribution in [-0.4, -0.2) is 84.9 Å². The molecule has 2 fully saturated rings. The van der Waals surface area contributed by atoms with Crippen molar-refractivity contribution in [1.82, 2.24) is 25.8 Å². The van der Waals surface area contributed by atoms with E-state index in [0.29, 0.717) is 29.4 Å². The molecule has 10 heteroatoms. The summed E-state index contributed by atoms with van der Waals surface area (Å²) in [6.07, 6.45) is 3.33. The molecule has 2 aliphatic heterocycles. The van der Waals surface area contributed by atoms with Gasteiger partial charge in [0.15, 0.2) is 0 Å². The number of nitrogens with one attached hydrogen (secondary N) is 3. The first kappa shape index (κ1) is 31.1. The van der Waals surface area contributed by atoms with E-state index in [4.69, 9.17) is 9.72 Å². The number of nitrogens with zero attached hydrogens (tertiary/aromatic N) is 2. The number of aromatic nitrogens is 1. The number of carbonyl (C=O) groups excluding carboxylic acids is 2. The van der Waals surface area contributed by atoms with Gasteiger partial charge in [-0.3, -0.25) is 14.5 Å². The lowest BCUT2D eigenvalue weighted by atomic mass is 9.71. The van der Waals surface area contributed by atoms with Gasteiger partial charge in [0, 0.05) is 49.4 Å². The number of morpholine rings is 1. The molecule has 0 bridgehead atoms. The number of aryl methyl sites for hydroxylation is 1. The van der Waals surface area contributed by atoms with Crippen LogP contribution in [0, 0.1) is 11.3 Å². The van der Waals surface area contributed by atoms with E-state index in [1.54, 1.807) is 12.1 Å². The summed E-state index contributed by atoms with van der Waals surface area (Å²) in [4.78, 5) is 35.5. The largest absolute Gasteiger partial charge is 0.390 e. The Hall–Kier alpha value is -2.89. The fraction of sp³-hybridized carbons (Fsp3) is 0.559. The van der Waals surface area contributed by atoms with Crippen LogP contribution in [0.15, 0.2) is 36.4 Å². The highest BCUT2D eigenvalue weighted by Crippen LogP contribution is 2.38. The SMILES string of the molecule is CC(C)(C)[C@H]1CCc2nc3sc(C(=O)NC(CCN4CCOCC4)c4ccc(C(=O)N[C@H]5CNC[C@@H]5O)cc4)cc3cc2C1. The van der Waals surface area contributed by atoms with Gasteiger partial charge in [-0.2, -0.15) is 0 Å². The van der Waals surface area contributed by atoms with Crippen molar-refractivity contribution >= 4 is 33.4 Å². The van der Waals surface area contributed by atoms with E-state index < -0.39 is 6.10 Å². The number of hydrogen-bond donors (Lipinski definition) is 4. The zero-order chi connectivity index (χ0) is 30.8. The van der Waals surface area contributed by atoms with Gasteiger partial charge in [-0.05, 0) is 72.4 Å². The highest BCUT2D eigenvalue weighted by Gasteiger charge is 2.30. The Morgan fingerprint density at radius 1 is 1.14 bits per heavy atom. The number of pyridine rings is 1. The second-order valence-electron chi connectivity index (χ2n) is 13.6. The van der Waals surface area contributed by atoms with Crippen LogP contribution in [0.4, 0.5) is 0 Å². The second-order valence-corrected chi connectivity index (χ2v) is 14.6. The third-order valence-electron chi connectivity index (χ3n) is 9.54. The number of benzene rings is 1. The average Bonchev–Trinajstić information content (AvgIpc) is 3.63. The Morgan fingerprint density at radius 3 is 2.61 bits per heavy atom. The Labute approximate surface area is 263 Å². The van der Waals surface area contributed by atoms with Crippen molar-refractivity contribution in [3.8, 4) is 0 Å². The second kappa shape index (κ2) is 13.2. The van der Waals surface area contributed by atoms with E-state index in [-0.39, 0.29) is 29.3 Å². The van der Waals surface area contributed by atoms with Crippen LogP contribution >= 0.6 is 11.3 Å². The number of amides is 2. The minimum atomic E-state index is -0.590. The van der Waals surface area contributed by atoms with Gasteiger partial charge in [-0.1, -0.05) is 32.9 Å². The molecule has 0 saturated carbocycles. The Balaban J connectivity index is 1.18. The maximum atomic E-state index is 13.7. The van der Waals surface area contributed by atoms with Crippen molar-refractivity contribution in [3.05, 3.63) is 63.7 Å². The van der Waals surface area contributed by atoms with E-state index in [1.807, 2.05) is 18.2 Å². The highest BCUT2D eigenvalue weighted by atomic mass is 32.1. The van der Waals surface area contributed by atoms with E-state index in [9.17, 15) is 14.7 Å². The number of hydrogen-bond acceptors (Lipinski definition) is 8. The first-order chi connectivity index (χ1) is 21.1. The molecule has 9 nitrogen and oxygen atoms in total. The molecule has 3 aliphatic rings. The average molecular weight is 620 g/mol. The van der Waals surface area contributed by atoms with Crippen LogP contribution in [0.3, 0.4) is 0 Å². The number of fused-ring (bicyclic) bond motifs is 2. The molecular formula is C34H45N5O4S. The number of carbonyl (C=O) groups is 2. The zero-order valence-corrected chi connectivity index (χ0v) is 26.8. The lowest BCUT2D eigenvalue weighted by molar-refractivity contribution is 0.0360. The number of thiophene rings is 1. The van der Waals surface area contributed by atoms with Crippen molar-refractivity contribution in [1.29, 1.82) is 0 Å². The first-order valence-electron chi connectivity index (χ1n) is 16.0. The molecule has 236 valence electrons. The maximum absolute atomic E-state index is 13.7. The van der Waals surface area contributed by atoms with Crippen LogP contribution in [0.2, 0.25) is 0 Å². The molecule has 3 aromatic rings. The van der Waals surface area contributed by atoms with Crippen molar-refractivity contribution in [2.45, 2.75) is 64.6 Å². The summed E-state index contributed by atoms with van der Waals surface area (Å²) in [5.74, 6) is 0.314. The predicted octanol–water partition coefficient (Wildman–Crippen LogP) is 3.70. The van der Waals surface area contributed by atoms with E-state index in [1.165, 1.54) is 22.6 Å². The zero-order valence-electron chi connectivity index (χ0n) is 26.0. The molecule has 2 aromatic heterocycles. The number of aliphatic hydroxyl groups excluding tert-OH is 1. The van der Waals surface area contributed by atoms with Gasteiger partial charge < -0.3 is 25.8 Å². The van der Waals surface area contributed by atoms with Gasteiger partial charge >= 0.3 is 0 Å². The van der Waals surface area contributed by atoms with Crippen LogP contribution in [-0.2, 0) is 17.6 Å². The standard InChI is InChI=1S/C34H45N5O4S/c1-34(2,3)25-8-9-26-23(17-25)16-24-18-30(44-33(24)38-26)32(42)36-27(10-11-39-12-14-43-15-13-39)21-4-6-22(7-5-21)31(41)37-28-19-35-20-29(28)40/h4-7,16,18,25,27-29,35,40H,8-15,17,19-20H2,1-3H3,(H,36,42)(H,37,41)/t25-,27?,28-,29-/m0/s1. The van der Waals surface area contributed by atoms with Crippen molar-refractivity contribution in [2.24, 2.45) is 11.3 Å². The van der Waals surface area contributed by atoms with Gasteiger partial charge in [0.1, 0.15) is 4.83 Å². The first-order valence-corrected chi connectivity index (χ1v) is 16.8. The minimum absolute atomic E-state index is 0.102. The van der Waals surface area contributed by atoms with Crippen LogP contribution < -0.4 is 16.0 Å². The van der Waals surface area contributed by atoms with Crippen LogP contribution in [0.25, 0.3) is 10.2 Å². The Morgan fingerprint density at radius 2 is 1.91 bits per heavy atom. The third kappa shape index (κ3) is 7.15. The maximum Gasteiger partial charge on any atom is 0.261 e. The van der Waals surface area contributed by atoms with Gasteiger partial charge in [0.05, 0.1) is 36.3 Å². The topological polar surface area (TPSA) is 116 Å². The molecule has 1 unspecified atom stereocenters. The molecule has 6 rings (SSSR count). The van der Waals surface area contributed by atoms with Gasteiger partial charge in [-0.15, -0.1) is 11.3 Å². The van der Waals surface area contributed by atoms with Gasteiger partial charge in [-0.25, -0.2) is 4.98 Å². The van der Waals surface area contributed by atoms with E-state index in [0.717, 1.165) is 74.3 Å². The van der Waals surface area contributed by atoms with Crippen molar-refractivity contribution < 1.29 is 19.4 Å².